The molecule has 8 heteroatoms. The van der Waals surface area contributed by atoms with Crippen LogP contribution in [0.25, 0.3) is 0 Å². The van der Waals surface area contributed by atoms with E-state index in [0.717, 1.165) is 28.8 Å². The van der Waals surface area contributed by atoms with Crippen LogP contribution >= 0.6 is 0 Å². The second-order valence-corrected chi connectivity index (χ2v) is 8.82. The quantitative estimate of drug-likeness (QED) is 0.837. The molecule has 2 aromatic carbocycles. The predicted octanol–water partition coefficient (Wildman–Crippen LogP) is 2.82. The number of benzene rings is 2. The average molecular weight is 401 g/mol. The third kappa shape index (κ3) is 4.51. The minimum absolute atomic E-state index is 0.118. The molecule has 28 heavy (non-hydrogen) atoms. The van der Waals surface area contributed by atoms with Gasteiger partial charge >= 0.3 is 0 Å². The first-order valence-electron chi connectivity index (χ1n) is 8.87. The highest BCUT2D eigenvalue weighted by molar-refractivity contribution is 7.92. The highest BCUT2D eigenvalue weighted by Gasteiger charge is 2.31. The van der Waals surface area contributed by atoms with Crippen molar-refractivity contribution in [2.24, 2.45) is 5.10 Å². The van der Waals surface area contributed by atoms with Crippen molar-refractivity contribution < 1.29 is 13.2 Å². The summed E-state index contributed by atoms with van der Waals surface area (Å²) >= 11 is 0. The van der Waals surface area contributed by atoms with Gasteiger partial charge < -0.3 is 4.90 Å². The number of hydrogen-bond acceptors (Lipinski definition) is 5. The molecular formula is C20H24N4O3S. The van der Waals surface area contributed by atoms with Crippen molar-refractivity contribution in [3.05, 3.63) is 59.7 Å². The number of carbonyl (C=O) groups is 1. The lowest BCUT2D eigenvalue weighted by Gasteiger charge is -2.21. The molecule has 0 fully saturated rings. The van der Waals surface area contributed by atoms with Gasteiger partial charge in [0, 0.05) is 38.8 Å². The van der Waals surface area contributed by atoms with Crippen molar-refractivity contribution in [3.8, 4) is 0 Å². The largest absolute Gasteiger partial charge is 0.378 e. The van der Waals surface area contributed by atoms with Gasteiger partial charge in [0.2, 0.25) is 15.9 Å². The minimum Gasteiger partial charge on any atom is -0.378 e. The van der Waals surface area contributed by atoms with Crippen molar-refractivity contribution in [1.29, 1.82) is 0 Å². The molecule has 1 aliphatic heterocycles. The molecule has 0 aliphatic carbocycles. The summed E-state index contributed by atoms with van der Waals surface area (Å²) in [5.41, 5.74) is 4.26. The van der Waals surface area contributed by atoms with Crippen LogP contribution in [0.1, 0.15) is 30.5 Å². The fraction of sp³-hybridized carbons (Fsp3) is 0.300. The van der Waals surface area contributed by atoms with E-state index < -0.39 is 10.0 Å². The zero-order valence-corrected chi connectivity index (χ0v) is 17.2. The maximum Gasteiger partial charge on any atom is 0.240 e. The summed E-state index contributed by atoms with van der Waals surface area (Å²) in [6, 6.07) is 14.9. The average Bonchev–Trinajstić information content (AvgIpc) is 3.07. The third-order valence-corrected chi connectivity index (χ3v) is 5.16. The smallest absolute Gasteiger partial charge is 0.240 e. The molecule has 2 aromatic rings. The Bertz CT molecular complexity index is 997. The highest BCUT2D eigenvalue weighted by atomic mass is 32.2. The molecule has 3 rings (SSSR count). The number of rotatable bonds is 5. The molecule has 0 saturated heterocycles. The van der Waals surface area contributed by atoms with Gasteiger partial charge in [-0.3, -0.25) is 9.52 Å². The standard InChI is InChI=1S/C20H24N4O3S/c1-14(25)24-20(16-7-11-18(12-8-16)23(2)3)13-19(21-24)15-5-9-17(10-6-15)22-28(4,26)27/h5-12,20,22H,13H2,1-4H3/t20-/m0/s1. The van der Waals surface area contributed by atoms with Crippen LogP contribution < -0.4 is 9.62 Å². The molecule has 0 unspecified atom stereocenters. The summed E-state index contributed by atoms with van der Waals surface area (Å²) in [5, 5.41) is 6.05. The molecule has 1 amide bonds. The Morgan fingerprint density at radius 1 is 1.11 bits per heavy atom. The molecule has 7 nitrogen and oxygen atoms in total. The molecule has 1 N–H and O–H groups in total. The molecular weight excluding hydrogens is 376 g/mol. The monoisotopic (exact) mass is 400 g/mol. The maximum absolute atomic E-state index is 12.1. The van der Waals surface area contributed by atoms with Gasteiger partial charge in [0.25, 0.3) is 0 Å². The van der Waals surface area contributed by atoms with E-state index in [4.69, 9.17) is 0 Å². The summed E-state index contributed by atoms with van der Waals surface area (Å²) in [6.45, 7) is 1.51. The van der Waals surface area contributed by atoms with Crippen LogP contribution in [0.15, 0.2) is 53.6 Å². The fourth-order valence-corrected chi connectivity index (χ4v) is 3.74. The predicted molar refractivity (Wildman–Crippen MR) is 112 cm³/mol. The molecule has 0 radical (unpaired) electrons. The zero-order valence-electron chi connectivity index (χ0n) is 16.4. The minimum atomic E-state index is -3.32. The highest BCUT2D eigenvalue weighted by Crippen LogP contribution is 2.33. The summed E-state index contributed by atoms with van der Waals surface area (Å²) in [5.74, 6) is -0.118. The van der Waals surface area contributed by atoms with Crippen molar-refractivity contribution in [1.82, 2.24) is 5.01 Å². The van der Waals surface area contributed by atoms with E-state index in [0.29, 0.717) is 12.1 Å². The van der Waals surface area contributed by atoms with Crippen molar-refractivity contribution in [3.63, 3.8) is 0 Å². The molecule has 0 bridgehead atoms. The zero-order chi connectivity index (χ0) is 20.5. The van der Waals surface area contributed by atoms with E-state index in [1.54, 1.807) is 12.1 Å². The van der Waals surface area contributed by atoms with E-state index in [-0.39, 0.29) is 11.9 Å². The molecule has 1 aliphatic rings. The molecule has 1 atom stereocenters. The number of hydrazone groups is 1. The lowest BCUT2D eigenvalue weighted by molar-refractivity contribution is -0.130. The fourth-order valence-electron chi connectivity index (χ4n) is 3.17. The van der Waals surface area contributed by atoms with Crippen LogP contribution in [0.4, 0.5) is 11.4 Å². The Hall–Kier alpha value is -2.87. The van der Waals surface area contributed by atoms with Gasteiger partial charge in [0.05, 0.1) is 18.0 Å². The van der Waals surface area contributed by atoms with Crippen LogP contribution in [0.3, 0.4) is 0 Å². The third-order valence-electron chi connectivity index (χ3n) is 4.55. The number of carbonyl (C=O) groups excluding carboxylic acids is 1. The van der Waals surface area contributed by atoms with Gasteiger partial charge in [-0.1, -0.05) is 24.3 Å². The first-order chi connectivity index (χ1) is 13.1. The first kappa shape index (κ1) is 19.9. The van der Waals surface area contributed by atoms with Gasteiger partial charge in [0.1, 0.15) is 0 Å². The lowest BCUT2D eigenvalue weighted by atomic mass is 9.98. The number of anilines is 2. The molecule has 0 saturated carbocycles. The normalized spacial score (nSPS) is 16.6. The first-order valence-corrected chi connectivity index (χ1v) is 10.8. The number of hydrogen-bond donors (Lipinski definition) is 1. The van der Waals surface area contributed by atoms with E-state index in [1.807, 2.05) is 55.4 Å². The maximum atomic E-state index is 12.1. The van der Waals surface area contributed by atoms with Gasteiger partial charge in [0.15, 0.2) is 0 Å². The second-order valence-electron chi connectivity index (χ2n) is 7.07. The van der Waals surface area contributed by atoms with Crippen molar-refractivity contribution >= 4 is 33.0 Å². The van der Waals surface area contributed by atoms with Gasteiger partial charge in [-0.2, -0.15) is 5.10 Å². The second kappa shape index (κ2) is 7.63. The number of sulfonamides is 1. The number of nitrogens with zero attached hydrogens (tertiary/aromatic N) is 3. The van der Waals surface area contributed by atoms with Crippen LogP contribution in [-0.2, 0) is 14.8 Å². The Labute approximate surface area is 165 Å². The molecule has 0 aromatic heterocycles. The van der Waals surface area contributed by atoms with E-state index in [2.05, 4.69) is 9.82 Å². The van der Waals surface area contributed by atoms with Crippen molar-refractivity contribution in [2.45, 2.75) is 19.4 Å². The van der Waals surface area contributed by atoms with E-state index in [9.17, 15) is 13.2 Å². The Morgan fingerprint density at radius 3 is 2.21 bits per heavy atom. The summed E-state index contributed by atoms with van der Waals surface area (Å²) in [4.78, 5) is 14.1. The van der Waals surface area contributed by atoms with Crippen LogP contribution in [0.2, 0.25) is 0 Å². The van der Waals surface area contributed by atoms with E-state index in [1.165, 1.54) is 11.9 Å². The number of amides is 1. The Balaban J connectivity index is 1.84. The SMILES string of the molecule is CC(=O)N1N=C(c2ccc(NS(C)(=O)=O)cc2)C[C@H]1c1ccc(N(C)C)cc1. The molecule has 0 spiro atoms. The summed E-state index contributed by atoms with van der Waals surface area (Å²) in [6.07, 6.45) is 1.71. The summed E-state index contributed by atoms with van der Waals surface area (Å²) in [7, 11) is 0.644. The molecule has 1 heterocycles. The molecule has 148 valence electrons. The van der Waals surface area contributed by atoms with Crippen LogP contribution in [0, 0.1) is 0 Å². The van der Waals surface area contributed by atoms with Gasteiger partial charge in [-0.15, -0.1) is 0 Å². The van der Waals surface area contributed by atoms with Crippen LogP contribution in [-0.4, -0.2) is 45.4 Å². The Kier molecular flexibility index (Phi) is 5.42. The van der Waals surface area contributed by atoms with E-state index >= 15 is 0 Å². The van der Waals surface area contributed by atoms with Gasteiger partial charge in [-0.05, 0) is 35.4 Å². The van der Waals surface area contributed by atoms with Gasteiger partial charge in [-0.25, -0.2) is 13.4 Å². The van der Waals surface area contributed by atoms with Crippen LogP contribution in [0.5, 0.6) is 0 Å². The Morgan fingerprint density at radius 2 is 1.71 bits per heavy atom. The van der Waals surface area contributed by atoms with Crippen molar-refractivity contribution in [2.75, 3.05) is 30.0 Å². The number of nitrogens with one attached hydrogen (secondary N) is 1. The summed E-state index contributed by atoms with van der Waals surface area (Å²) < 4.78 is 25.1. The topological polar surface area (TPSA) is 82.1 Å². The lowest BCUT2D eigenvalue weighted by Crippen LogP contribution is -2.24.